The third-order valence-corrected chi connectivity index (χ3v) is 6.12. The van der Waals surface area contributed by atoms with Gasteiger partial charge in [-0.15, -0.1) is 0 Å². The summed E-state index contributed by atoms with van der Waals surface area (Å²) in [7, 11) is 0. The molecular weight excluding hydrogens is 430 g/mol. The fourth-order valence-electron chi connectivity index (χ4n) is 4.22. The number of para-hydroxylation sites is 3. The monoisotopic (exact) mass is 457 g/mol. The lowest BCUT2D eigenvalue weighted by atomic mass is 10.1. The van der Waals surface area contributed by atoms with Crippen molar-refractivity contribution in [2.24, 2.45) is 0 Å². The molecule has 0 radical (unpaired) electrons. The van der Waals surface area contributed by atoms with Crippen LogP contribution in [0.5, 0.6) is 11.5 Å². The molecule has 3 aromatic carbocycles. The SMILES string of the molecule is O=C(Nc1ccccc1)c1ccc(CN2CCN(C(=O)[C@H]3COc4ccccc4O3)CC2)cc1. The van der Waals surface area contributed by atoms with E-state index in [1.807, 2.05) is 83.8 Å². The van der Waals surface area contributed by atoms with Gasteiger partial charge in [0, 0.05) is 44.0 Å². The molecule has 0 unspecified atom stereocenters. The third-order valence-electron chi connectivity index (χ3n) is 6.12. The van der Waals surface area contributed by atoms with Crippen LogP contribution in [0.15, 0.2) is 78.9 Å². The summed E-state index contributed by atoms with van der Waals surface area (Å²) in [6, 6.07) is 24.5. The Hall–Kier alpha value is -3.84. The van der Waals surface area contributed by atoms with Crippen LogP contribution in [-0.2, 0) is 11.3 Å². The van der Waals surface area contributed by atoms with Gasteiger partial charge in [0.2, 0.25) is 6.10 Å². The molecule has 7 heteroatoms. The zero-order valence-corrected chi connectivity index (χ0v) is 18.9. The van der Waals surface area contributed by atoms with Crippen LogP contribution >= 0.6 is 0 Å². The number of carbonyl (C=O) groups is 2. The minimum Gasteiger partial charge on any atom is -0.485 e. The Bertz CT molecular complexity index is 1140. The van der Waals surface area contributed by atoms with Crippen molar-refractivity contribution >= 4 is 17.5 Å². The molecule has 5 rings (SSSR count). The van der Waals surface area contributed by atoms with Gasteiger partial charge in [-0.25, -0.2) is 0 Å². The van der Waals surface area contributed by atoms with Gasteiger partial charge >= 0.3 is 0 Å². The Labute approximate surface area is 198 Å². The van der Waals surface area contributed by atoms with Crippen LogP contribution < -0.4 is 14.8 Å². The Morgan fingerprint density at radius 1 is 0.824 bits per heavy atom. The molecule has 1 atom stereocenters. The molecule has 1 saturated heterocycles. The van der Waals surface area contributed by atoms with Crippen molar-refractivity contribution in [2.75, 3.05) is 38.1 Å². The minimum absolute atomic E-state index is 0.0251. The van der Waals surface area contributed by atoms with Crippen molar-refractivity contribution in [3.63, 3.8) is 0 Å². The molecule has 1 fully saturated rings. The Morgan fingerprint density at radius 3 is 2.24 bits per heavy atom. The fraction of sp³-hybridized carbons (Fsp3) is 0.259. The highest BCUT2D eigenvalue weighted by atomic mass is 16.6. The average molecular weight is 458 g/mol. The first-order valence-electron chi connectivity index (χ1n) is 11.5. The quantitative estimate of drug-likeness (QED) is 0.636. The van der Waals surface area contributed by atoms with Crippen molar-refractivity contribution in [1.82, 2.24) is 9.80 Å². The maximum Gasteiger partial charge on any atom is 0.267 e. The first kappa shape index (κ1) is 22.0. The maximum atomic E-state index is 12.9. The van der Waals surface area contributed by atoms with Gasteiger partial charge < -0.3 is 19.7 Å². The number of hydrogen-bond acceptors (Lipinski definition) is 5. The number of anilines is 1. The van der Waals surface area contributed by atoms with Gasteiger partial charge in [0.05, 0.1) is 0 Å². The van der Waals surface area contributed by atoms with Gasteiger partial charge in [0.15, 0.2) is 11.5 Å². The molecule has 7 nitrogen and oxygen atoms in total. The number of rotatable bonds is 5. The summed E-state index contributed by atoms with van der Waals surface area (Å²) < 4.78 is 11.6. The summed E-state index contributed by atoms with van der Waals surface area (Å²) in [5.41, 5.74) is 2.54. The topological polar surface area (TPSA) is 71.1 Å². The highest BCUT2D eigenvalue weighted by Crippen LogP contribution is 2.31. The summed E-state index contributed by atoms with van der Waals surface area (Å²) in [5, 5.41) is 2.90. The standard InChI is InChI=1S/C27H27N3O4/c31-26(28-22-6-2-1-3-7-22)21-12-10-20(11-13-21)18-29-14-16-30(17-15-29)27(32)25-19-33-23-8-4-5-9-24(23)34-25/h1-13,25H,14-19H2,(H,28,31)/t25-/m1/s1. The lowest BCUT2D eigenvalue weighted by Crippen LogP contribution is -2.53. The predicted molar refractivity (Wildman–Crippen MR) is 129 cm³/mol. The molecule has 0 aliphatic carbocycles. The number of nitrogens with one attached hydrogen (secondary N) is 1. The smallest absolute Gasteiger partial charge is 0.267 e. The number of benzene rings is 3. The Morgan fingerprint density at radius 2 is 1.50 bits per heavy atom. The zero-order chi connectivity index (χ0) is 23.3. The van der Waals surface area contributed by atoms with Gasteiger partial charge in [-0.05, 0) is 42.0 Å². The van der Waals surface area contributed by atoms with E-state index >= 15 is 0 Å². The summed E-state index contributed by atoms with van der Waals surface area (Å²) in [6.07, 6.45) is -0.601. The minimum atomic E-state index is -0.601. The normalized spacial score (nSPS) is 17.8. The molecule has 34 heavy (non-hydrogen) atoms. The van der Waals surface area contributed by atoms with Crippen LogP contribution in [0.25, 0.3) is 0 Å². The van der Waals surface area contributed by atoms with E-state index in [0.29, 0.717) is 30.2 Å². The molecular formula is C27H27N3O4. The van der Waals surface area contributed by atoms with Crippen molar-refractivity contribution in [3.05, 3.63) is 90.0 Å². The number of carbonyl (C=O) groups excluding carboxylic acids is 2. The number of nitrogens with zero attached hydrogens (tertiary/aromatic N) is 2. The van der Waals surface area contributed by atoms with Gasteiger partial charge in [0.1, 0.15) is 6.61 Å². The summed E-state index contributed by atoms with van der Waals surface area (Å²) in [4.78, 5) is 29.5. The second kappa shape index (κ2) is 9.97. The summed E-state index contributed by atoms with van der Waals surface area (Å²) in [6.45, 7) is 3.88. The van der Waals surface area contributed by atoms with Crippen molar-refractivity contribution in [2.45, 2.75) is 12.6 Å². The van der Waals surface area contributed by atoms with E-state index in [9.17, 15) is 9.59 Å². The Kier molecular flexibility index (Phi) is 6.44. The first-order chi connectivity index (χ1) is 16.7. The highest BCUT2D eigenvalue weighted by molar-refractivity contribution is 6.04. The largest absolute Gasteiger partial charge is 0.485 e. The van der Waals surface area contributed by atoms with E-state index < -0.39 is 6.10 Å². The van der Waals surface area contributed by atoms with Crippen LogP contribution in [0, 0.1) is 0 Å². The van der Waals surface area contributed by atoms with Crippen molar-refractivity contribution in [1.29, 1.82) is 0 Å². The predicted octanol–water partition coefficient (Wildman–Crippen LogP) is 3.42. The van der Waals surface area contributed by atoms with E-state index in [0.717, 1.165) is 30.9 Å². The molecule has 0 saturated carbocycles. The second-order valence-electron chi connectivity index (χ2n) is 8.48. The van der Waals surface area contributed by atoms with Crippen LogP contribution in [0.1, 0.15) is 15.9 Å². The van der Waals surface area contributed by atoms with Crippen molar-refractivity contribution in [3.8, 4) is 11.5 Å². The average Bonchev–Trinajstić information content (AvgIpc) is 2.89. The highest BCUT2D eigenvalue weighted by Gasteiger charge is 2.32. The van der Waals surface area contributed by atoms with E-state index in [1.165, 1.54) is 0 Å². The molecule has 2 heterocycles. The summed E-state index contributed by atoms with van der Waals surface area (Å²) >= 11 is 0. The second-order valence-corrected chi connectivity index (χ2v) is 8.48. The molecule has 3 aromatic rings. The molecule has 0 bridgehead atoms. The van der Waals surface area contributed by atoms with E-state index in [1.54, 1.807) is 0 Å². The zero-order valence-electron chi connectivity index (χ0n) is 18.9. The number of hydrogen-bond donors (Lipinski definition) is 1. The van der Waals surface area contributed by atoms with E-state index in [2.05, 4.69) is 10.2 Å². The third kappa shape index (κ3) is 5.05. The molecule has 0 spiro atoms. The van der Waals surface area contributed by atoms with Gasteiger partial charge in [-0.2, -0.15) is 0 Å². The van der Waals surface area contributed by atoms with Crippen molar-refractivity contribution < 1.29 is 19.1 Å². The maximum absolute atomic E-state index is 12.9. The number of fused-ring (bicyclic) bond motifs is 1. The fourth-order valence-corrected chi connectivity index (χ4v) is 4.22. The molecule has 174 valence electrons. The number of piperazine rings is 1. The van der Waals surface area contributed by atoms with Crippen LogP contribution in [0.4, 0.5) is 5.69 Å². The molecule has 1 N–H and O–H groups in total. The van der Waals surface area contributed by atoms with E-state index in [4.69, 9.17) is 9.47 Å². The molecule has 2 aliphatic heterocycles. The van der Waals surface area contributed by atoms with Gasteiger partial charge in [-0.1, -0.05) is 42.5 Å². The molecule has 2 aliphatic rings. The van der Waals surface area contributed by atoms with Gasteiger partial charge in [-0.3, -0.25) is 14.5 Å². The Balaban J connectivity index is 1.10. The molecule has 2 amide bonds. The lowest BCUT2D eigenvalue weighted by Gasteiger charge is -2.37. The first-order valence-corrected chi connectivity index (χ1v) is 11.5. The number of amides is 2. The number of ether oxygens (including phenoxy) is 2. The van der Waals surface area contributed by atoms with E-state index in [-0.39, 0.29) is 18.4 Å². The molecule has 0 aromatic heterocycles. The van der Waals surface area contributed by atoms with Crippen LogP contribution in [0.2, 0.25) is 0 Å². The lowest BCUT2D eigenvalue weighted by molar-refractivity contribution is -0.143. The summed E-state index contributed by atoms with van der Waals surface area (Å²) in [5.74, 6) is 1.15. The van der Waals surface area contributed by atoms with Gasteiger partial charge in [0.25, 0.3) is 11.8 Å². The van der Waals surface area contributed by atoms with Crippen LogP contribution in [0.3, 0.4) is 0 Å². The van der Waals surface area contributed by atoms with Crippen LogP contribution in [-0.4, -0.2) is 60.5 Å².